The van der Waals surface area contributed by atoms with Crippen LogP contribution >= 0.6 is 35.7 Å². The van der Waals surface area contributed by atoms with Gasteiger partial charge in [0, 0.05) is 26.7 Å². The highest BCUT2D eigenvalue weighted by Gasteiger charge is 2.58. The molecule has 0 radical (unpaired) electrons. The van der Waals surface area contributed by atoms with Gasteiger partial charge in [0.1, 0.15) is 0 Å². The molecule has 0 aromatic carbocycles. The summed E-state index contributed by atoms with van der Waals surface area (Å²) < 4.78 is 0. The van der Waals surface area contributed by atoms with Crippen molar-refractivity contribution in [1.82, 2.24) is 15.5 Å². The van der Waals surface area contributed by atoms with Gasteiger partial charge >= 0.3 is 0 Å². The van der Waals surface area contributed by atoms with E-state index in [-0.39, 0.29) is 59.5 Å². The maximum absolute atomic E-state index is 12.6. The molecule has 2 bridgehead atoms. The molecule has 140 valence electrons. The SMILES string of the molecule is CN=C(NCCCSC)NCCN1C(=O)C2C3C=CC(C3)C2C1=O.I. The molecule has 4 unspecified atom stereocenters. The van der Waals surface area contributed by atoms with Crippen molar-refractivity contribution in [3.05, 3.63) is 12.2 Å². The zero-order valence-corrected chi connectivity index (χ0v) is 17.9. The van der Waals surface area contributed by atoms with Gasteiger partial charge in [0.25, 0.3) is 0 Å². The number of guanidine groups is 1. The lowest BCUT2D eigenvalue weighted by Crippen LogP contribution is -2.44. The van der Waals surface area contributed by atoms with Gasteiger partial charge in [-0.2, -0.15) is 11.8 Å². The molecule has 0 spiro atoms. The van der Waals surface area contributed by atoms with Gasteiger partial charge < -0.3 is 10.6 Å². The third-order valence-electron chi connectivity index (χ3n) is 5.23. The number of thioether (sulfide) groups is 1. The summed E-state index contributed by atoms with van der Waals surface area (Å²) in [5.74, 6) is 2.23. The predicted molar refractivity (Wildman–Crippen MR) is 112 cm³/mol. The molecule has 6 nitrogen and oxygen atoms in total. The van der Waals surface area contributed by atoms with Crippen LogP contribution in [0.5, 0.6) is 0 Å². The molecule has 4 atom stereocenters. The summed E-state index contributed by atoms with van der Waals surface area (Å²) in [6.45, 7) is 1.80. The average Bonchev–Trinajstić information content (AvgIpc) is 3.26. The highest BCUT2D eigenvalue weighted by molar-refractivity contribution is 14.0. The van der Waals surface area contributed by atoms with Gasteiger partial charge in [0.05, 0.1) is 11.8 Å². The highest BCUT2D eigenvalue weighted by Crippen LogP contribution is 2.52. The minimum Gasteiger partial charge on any atom is -0.356 e. The van der Waals surface area contributed by atoms with E-state index in [2.05, 4.69) is 34.0 Å². The van der Waals surface area contributed by atoms with Crippen molar-refractivity contribution in [2.75, 3.05) is 38.7 Å². The lowest BCUT2D eigenvalue weighted by Gasteiger charge is -2.18. The first-order valence-electron chi connectivity index (χ1n) is 8.64. The fourth-order valence-corrected chi connectivity index (χ4v) is 4.55. The standard InChI is InChI=1S/C17H26N4O2S.HI/c1-18-17(19-6-3-9-24-2)20-7-8-21-15(22)13-11-4-5-12(10-11)14(13)16(21)23;/h4-5,11-14H,3,6-10H2,1-2H3,(H2,18,19,20);1H. The molecule has 3 aliphatic rings. The summed E-state index contributed by atoms with van der Waals surface area (Å²) in [6, 6.07) is 0. The van der Waals surface area contributed by atoms with Crippen LogP contribution in [0.4, 0.5) is 0 Å². The molecule has 1 saturated heterocycles. The van der Waals surface area contributed by atoms with Crippen molar-refractivity contribution in [3.63, 3.8) is 0 Å². The van der Waals surface area contributed by atoms with E-state index in [9.17, 15) is 9.59 Å². The Balaban J connectivity index is 0.00000225. The minimum atomic E-state index is -0.100. The lowest BCUT2D eigenvalue weighted by molar-refractivity contribution is -0.140. The van der Waals surface area contributed by atoms with Crippen LogP contribution in [0, 0.1) is 23.7 Å². The van der Waals surface area contributed by atoms with Crippen molar-refractivity contribution < 1.29 is 9.59 Å². The fraction of sp³-hybridized carbons (Fsp3) is 0.706. The zero-order valence-electron chi connectivity index (χ0n) is 14.7. The molecule has 0 aromatic heterocycles. The molecule has 1 heterocycles. The second kappa shape index (κ2) is 9.25. The van der Waals surface area contributed by atoms with Crippen LogP contribution in [-0.2, 0) is 9.59 Å². The van der Waals surface area contributed by atoms with E-state index < -0.39 is 0 Å². The number of nitrogens with one attached hydrogen (secondary N) is 2. The first-order valence-corrected chi connectivity index (χ1v) is 10.0. The van der Waals surface area contributed by atoms with Gasteiger partial charge in [-0.3, -0.25) is 19.5 Å². The highest BCUT2D eigenvalue weighted by atomic mass is 127. The monoisotopic (exact) mass is 478 g/mol. The van der Waals surface area contributed by atoms with Crippen LogP contribution in [0.1, 0.15) is 12.8 Å². The lowest BCUT2D eigenvalue weighted by atomic mass is 9.85. The Morgan fingerprint density at radius 3 is 2.36 bits per heavy atom. The molecule has 3 rings (SSSR count). The van der Waals surface area contributed by atoms with Crippen LogP contribution in [0.2, 0.25) is 0 Å². The Bertz CT molecular complexity index is 539. The molecule has 1 saturated carbocycles. The summed E-state index contributed by atoms with van der Waals surface area (Å²) in [5, 5.41) is 6.43. The summed E-state index contributed by atoms with van der Waals surface area (Å²) in [7, 11) is 1.73. The zero-order chi connectivity index (χ0) is 17.1. The number of aliphatic imine (C=N–C) groups is 1. The first-order chi connectivity index (χ1) is 11.7. The molecule has 2 fully saturated rings. The smallest absolute Gasteiger partial charge is 0.233 e. The van der Waals surface area contributed by atoms with Gasteiger partial charge in [-0.15, -0.1) is 24.0 Å². The number of halogens is 1. The normalized spacial score (nSPS) is 29.8. The topological polar surface area (TPSA) is 73.8 Å². The molecule has 0 aromatic rings. The number of allylic oxidation sites excluding steroid dienone is 2. The number of imide groups is 1. The Hall–Kier alpha value is -0.770. The Morgan fingerprint density at radius 1 is 1.20 bits per heavy atom. The molecule has 2 amide bonds. The van der Waals surface area contributed by atoms with Gasteiger partial charge in [-0.1, -0.05) is 12.2 Å². The van der Waals surface area contributed by atoms with E-state index >= 15 is 0 Å². The van der Waals surface area contributed by atoms with E-state index in [1.807, 2.05) is 11.8 Å². The minimum absolute atomic E-state index is 0. The average molecular weight is 478 g/mol. The number of hydrogen-bond donors (Lipinski definition) is 2. The van der Waals surface area contributed by atoms with Crippen molar-refractivity contribution in [3.8, 4) is 0 Å². The van der Waals surface area contributed by atoms with Gasteiger partial charge in [-0.05, 0) is 36.7 Å². The number of hydrogen-bond acceptors (Lipinski definition) is 4. The second-order valence-corrected chi connectivity index (χ2v) is 7.59. The Kier molecular flexibility index (Phi) is 7.60. The maximum Gasteiger partial charge on any atom is 0.233 e. The van der Waals surface area contributed by atoms with Crippen LogP contribution in [0.15, 0.2) is 17.1 Å². The number of carbonyl (C=O) groups is 2. The van der Waals surface area contributed by atoms with E-state index in [0.29, 0.717) is 13.1 Å². The first kappa shape index (κ1) is 20.5. The van der Waals surface area contributed by atoms with Crippen LogP contribution in [0.25, 0.3) is 0 Å². The summed E-state index contributed by atoms with van der Waals surface area (Å²) in [6.07, 6.45) is 8.39. The van der Waals surface area contributed by atoms with Crippen LogP contribution < -0.4 is 10.6 Å². The molecule has 8 heteroatoms. The van der Waals surface area contributed by atoms with Crippen molar-refractivity contribution in [1.29, 1.82) is 0 Å². The number of likely N-dealkylation sites (tertiary alicyclic amines) is 1. The van der Waals surface area contributed by atoms with Crippen LogP contribution in [-0.4, -0.2) is 61.4 Å². The second-order valence-electron chi connectivity index (χ2n) is 6.60. The Morgan fingerprint density at radius 2 is 1.80 bits per heavy atom. The van der Waals surface area contributed by atoms with E-state index in [4.69, 9.17) is 0 Å². The summed E-state index contributed by atoms with van der Waals surface area (Å²) in [4.78, 5) is 30.8. The number of rotatable bonds is 7. The number of carbonyl (C=O) groups excluding carboxylic acids is 2. The largest absolute Gasteiger partial charge is 0.356 e. The van der Waals surface area contributed by atoms with Gasteiger partial charge in [0.15, 0.2) is 5.96 Å². The maximum atomic E-state index is 12.6. The van der Waals surface area contributed by atoms with Gasteiger partial charge in [-0.25, -0.2) is 0 Å². The third kappa shape index (κ3) is 4.15. The third-order valence-corrected chi connectivity index (χ3v) is 5.93. The van der Waals surface area contributed by atoms with Crippen molar-refractivity contribution in [2.24, 2.45) is 28.7 Å². The molecule has 2 N–H and O–H groups in total. The Labute approximate surface area is 170 Å². The number of nitrogens with zero attached hydrogens (tertiary/aromatic N) is 2. The summed E-state index contributed by atoms with van der Waals surface area (Å²) >= 11 is 1.82. The summed E-state index contributed by atoms with van der Waals surface area (Å²) in [5.41, 5.74) is 0. The molecule has 2 aliphatic carbocycles. The molecule has 1 aliphatic heterocycles. The quantitative estimate of drug-likeness (QED) is 0.144. The van der Waals surface area contributed by atoms with E-state index in [1.54, 1.807) is 7.05 Å². The number of amides is 2. The number of fused-ring (bicyclic) bond motifs is 5. The molecule has 25 heavy (non-hydrogen) atoms. The predicted octanol–water partition coefficient (Wildman–Crippen LogP) is 1.33. The van der Waals surface area contributed by atoms with Crippen LogP contribution in [0.3, 0.4) is 0 Å². The van der Waals surface area contributed by atoms with Crippen molar-refractivity contribution in [2.45, 2.75) is 12.8 Å². The van der Waals surface area contributed by atoms with Gasteiger partial charge in [0.2, 0.25) is 11.8 Å². The molecular formula is C17H27IN4O2S. The van der Waals surface area contributed by atoms with Crippen molar-refractivity contribution >= 4 is 53.5 Å². The molecular weight excluding hydrogens is 451 g/mol. The van der Waals surface area contributed by atoms with E-state index in [0.717, 1.165) is 31.1 Å². The van der Waals surface area contributed by atoms with E-state index in [1.165, 1.54) is 4.90 Å². The fourth-order valence-electron chi connectivity index (χ4n) is 4.11.